The third-order valence-corrected chi connectivity index (χ3v) is 4.08. The highest BCUT2D eigenvalue weighted by molar-refractivity contribution is 5.79. The van der Waals surface area contributed by atoms with Crippen LogP contribution in [0.15, 0.2) is 0 Å². The summed E-state index contributed by atoms with van der Waals surface area (Å²) in [5, 5.41) is 5.88. The van der Waals surface area contributed by atoms with Crippen molar-refractivity contribution in [1.82, 2.24) is 10.6 Å². The highest BCUT2D eigenvalue weighted by Crippen LogP contribution is 2.26. The fourth-order valence-electron chi connectivity index (χ4n) is 2.99. The SMILES string of the molecule is CC(C)NC(=O)CCCC(=O)NC(CN)C1CCCCC1. The number of nitrogens with two attached hydrogens (primary N) is 1. The number of amides is 2. The maximum absolute atomic E-state index is 12.0. The molecule has 0 heterocycles. The molecule has 0 spiro atoms. The molecule has 0 saturated heterocycles. The van der Waals surface area contributed by atoms with Gasteiger partial charge in [-0.3, -0.25) is 9.59 Å². The van der Waals surface area contributed by atoms with Crippen LogP contribution < -0.4 is 16.4 Å². The van der Waals surface area contributed by atoms with Crippen LogP contribution in [0.5, 0.6) is 0 Å². The summed E-state index contributed by atoms with van der Waals surface area (Å²) in [6.07, 6.45) is 7.51. The summed E-state index contributed by atoms with van der Waals surface area (Å²) in [6.45, 7) is 4.37. The van der Waals surface area contributed by atoms with Crippen LogP contribution in [0.1, 0.15) is 65.2 Å². The van der Waals surface area contributed by atoms with E-state index in [1.54, 1.807) is 0 Å². The Morgan fingerprint density at radius 2 is 1.62 bits per heavy atom. The Kier molecular flexibility index (Phi) is 8.35. The van der Waals surface area contributed by atoms with E-state index in [0.29, 0.717) is 31.7 Å². The van der Waals surface area contributed by atoms with Crippen molar-refractivity contribution in [1.29, 1.82) is 0 Å². The number of nitrogens with one attached hydrogen (secondary N) is 2. The van der Waals surface area contributed by atoms with E-state index in [0.717, 1.165) is 0 Å². The van der Waals surface area contributed by atoms with Gasteiger partial charge in [-0.1, -0.05) is 19.3 Å². The molecule has 21 heavy (non-hydrogen) atoms. The van der Waals surface area contributed by atoms with Gasteiger partial charge in [0.05, 0.1) is 0 Å². The van der Waals surface area contributed by atoms with E-state index in [1.807, 2.05) is 13.8 Å². The first-order valence-electron chi connectivity index (χ1n) is 8.31. The molecule has 5 nitrogen and oxygen atoms in total. The van der Waals surface area contributed by atoms with E-state index in [-0.39, 0.29) is 23.9 Å². The fraction of sp³-hybridized carbons (Fsp3) is 0.875. The topological polar surface area (TPSA) is 84.2 Å². The predicted octanol–water partition coefficient (Wildman–Crippen LogP) is 1.71. The first kappa shape index (κ1) is 18.0. The summed E-state index contributed by atoms with van der Waals surface area (Å²) >= 11 is 0. The molecule has 1 aliphatic rings. The summed E-state index contributed by atoms with van der Waals surface area (Å²) in [4.78, 5) is 23.5. The van der Waals surface area contributed by atoms with Gasteiger partial charge in [-0.05, 0) is 39.0 Å². The van der Waals surface area contributed by atoms with E-state index >= 15 is 0 Å². The summed E-state index contributed by atoms with van der Waals surface area (Å²) in [5.74, 6) is 0.561. The van der Waals surface area contributed by atoms with Crippen LogP contribution in [0.4, 0.5) is 0 Å². The molecule has 1 saturated carbocycles. The molecule has 1 rings (SSSR count). The molecular formula is C16H31N3O2. The first-order chi connectivity index (χ1) is 10.0. The van der Waals surface area contributed by atoms with Crippen LogP contribution in [-0.4, -0.2) is 30.4 Å². The van der Waals surface area contributed by atoms with Crippen molar-refractivity contribution >= 4 is 11.8 Å². The minimum atomic E-state index is 0.0143. The van der Waals surface area contributed by atoms with E-state index in [1.165, 1.54) is 32.1 Å². The lowest BCUT2D eigenvalue weighted by molar-refractivity contribution is -0.123. The lowest BCUT2D eigenvalue weighted by atomic mass is 9.84. The quantitative estimate of drug-likeness (QED) is 0.637. The zero-order valence-electron chi connectivity index (χ0n) is 13.5. The van der Waals surface area contributed by atoms with Gasteiger partial charge in [0.25, 0.3) is 0 Å². The summed E-state index contributed by atoms with van der Waals surface area (Å²) in [6, 6.07) is 0.251. The smallest absolute Gasteiger partial charge is 0.220 e. The Bertz CT molecular complexity index is 325. The Morgan fingerprint density at radius 1 is 1.05 bits per heavy atom. The molecule has 0 aromatic rings. The lowest BCUT2D eigenvalue weighted by Gasteiger charge is -2.30. The minimum absolute atomic E-state index is 0.0143. The molecule has 0 aliphatic heterocycles. The largest absolute Gasteiger partial charge is 0.354 e. The van der Waals surface area contributed by atoms with Crippen molar-refractivity contribution in [3.8, 4) is 0 Å². The molecule has 4 N–H and O–H groups in total. The monoisotopic (exact) mass is 297 g/mol. The highest BCUT2D eigenvalue weighted by Gasteiger charge is 2.23. The van der Waals surface area contributed by atoms with Gasteiger partial charge in [0, 0.05) is 31.5 Å². The third kappa shape index (κ3) is 7.46. The van der Waals surface area contributed by atoms with Gasteiger partial charge in [-0.15, -0.1) is 0 Å². The van der Waals surface area contributed by atoms with Gasteiger partial charge >= 0.3 is 0 Å². The molecule has 0 aromatic heterocycles. The van der Waals surface area contributed by atoms with Gasteiger partial charge in [0.2, 0.25) is 11.8 Å². The van der Waals surface area contributed by atoms with Crippen LogP contribution in [0.2, 0.25) is 0 Å². The van der Waals surface area contributed by atoms with Crippen LogP contribution in [0, 0.1) is 5.92 Å². The number of carbonyl (C=O) groups is 2. The summed E-state index contributed by atoms with van der Waals surface area (Å²) in [7, 11) is 0. The maximum atomic E-state index is 12.0. The second kappa shape index (κ2) is 9.77. The summed E-state index contributed by atoms with van der Waals surface area (Å²) < 4.78 is 0. The van der Waals surface area contributed by atoms with Crippen LogP contribution >= 0.6 is 0 Å². The van der Waals surface area contributed by atoms with Gasteiger partial charge < -0.3 is 16.4 Å². The molecule has 1 aliphatic carbocycles. The number of hydrogen-bond donors (Lipinski definition) is 3. The Balaban J connectivity index is 2.23. The summed E-state index contributed by atoms with van der Waals surface area (Å²) in [5.41, 5.74) is 5.80. The van der Waals surface area contributed by atoms with Crippen molar-refractivity contribution in [2.24, 2.45) is 11.7 Å². The van der Waals surface area contributed by atoms with Crippen molar-refractivity contribution in [3.05, 3.63) is 0 Å². The molecule has 1 unspecified atom stereocenters. The molecule has 0 radical (unpaired) electrons. The standard InChI is InChI=1S/C16H31N3O2/c1-12(2)18-15(20)9-6-10-16(21)19-14(11-17)13-7-4-3-5-8-13/h12-14H,3-11,17H2,1-2H3,(H,18,20)(H,19,21). The third-order valence-electron chi connectivity index (χ3n) is 4.08. The van der Waals surface area contributed by atoms with E-state index in [2.05, 4.69) is 10.6 Å². The Morgan fingerprint density at radius 3 is 2.14 bits per heavy atom. The molecule has 5 heteroatoms. The maximum Gasteiger partial charge on any atom is 0.220 e. The zero-order chi connectivity index (χ0) is 15.7. The fourth-order valence-corrected chi connectivity index (χ4v) is 2.99. The molecular weight excluding hydrogens is 266 g/mol. The number of rotatable bonds is 8. The van der Waals surface area contributed by atoms with Crippen LogP contribution in [-0.2, 0) is 9.59 Å². The molecule has 1 atom stereocenters. The van der Waals surface area contributed by atoms with Crippen molar-refractivity contribution < 1.29 is 9.59 Å². The van der Waals surface area contributed by atoms with E-state index in [9.17, 15) is 9.59 Å². The van der Waals surface area contributed by atoms with Gasteiger partial charge in [-0.2, -0.15) is 0 Å². The van der Waals surface area contributed by atoms with Gasteiger partial charge in [-0.25, -0.2) is 0 Å². The van der Waals surface area contributed by atoms with Crippen molar-refractivity contribution in [2.75, 3.05) is 6.54 Å². The van der Waals surface area contributed by atoms with Crippen molar-refractivity contribution in [3.63, 3.8) is 0 Å². The Labute approximate surface area is 128 Å². The lowest BCUT2D eigenvalue weighted by Crippen LogP contribution is -2.45. The average molecular weight is 297 g/mol. The van der Waals surface area contributed by atoms with E-state index in [4.69, 9.17) is 5.73 Å². The normalized spacial score (nSPS) is 17.5. The zero-order valence-corrected chi connectivity index (χ0v) is 13.5. The van der Waals surface area contributed by atoms with Gasteiger partial charge in [0.1, 0.15) is 0 Å². The molecule has 0 aromatic carbocycles. The second-order valence-electron chi connectivity index (χ2n) is 6.38. The number of carbonyl (C=O) groups excluding carboxylic acids is 2. The molecule has 0 bridgehead atoms. The molecule has 122 valence electrons. The van der Waals surface area contributed by atoms with E-state index < -0.39 is 0 Å². The predicted molar refractivity (Wildman–Crippen MR) is 84.7 cm³/mol. The van der Waals surface area contributed by atoms with Crippen LogP contribution in [0.3, 0.4) is 0 Å². The van der Waals surface area contributed by atoms with Crippen LogP contribution in [0.25, 0.3) is 0 Å². The van der Waals surface area contributed by atoms with Gasteiger partial charge in [0.15, 0.2) is 0 Å². The first-order valence-corrected chi connectivity index (χ1v) is 8.31. The highest BCUT2D eigenvalue weighted by atomic mass is 16.2. The Hall–Kier alpha value is -1.10. The molecule has 1 fully saturated rings. The number of hydrogen-bond acceptors (Lipinski definition) is 3. The van der Waals surface area contributed by atoms with Crippen molar-refractivity contribution in [2.45, 2.75) is 77.3 Å². The minimum Gasteiger partial charge on any atom is -0.354 e. The average Bonchev–Trinajstić information content (AvgIpc) is 2.45. The molecule has 2 amide bonds. The second-order valence-corrected chi connectivity index (χ2v) is 6.38.